The van der Waals surface area contributed by atoms with Gasteiger partial charge >= 0.3 is 0 Å². The maximum Gasteiger partial charge on any atom is 0.191 e. The molecule has 2 aromatic carbocycles. The summed E-state index contributed by atoms with van der Waals surface area (Å²) >= 11 is 0. The van der Waals surface area contributed by atoms with Crippen LogP contribution in [0.5, 0.6) is 5.75 Å². The Bertz CT molecular complexity index is 813. The van der Waals surface area contributed by atoms with Gasteiger partial charge in [0.05, 0.1) is 7.11 Å². The first kappa shape index (κ1) is 21.2. The van der Waals surface area contributed by atoms with E-state index in [9.17, 15) is 0 Å². The highest BCUT2D eigenvalue weighted by molar-refractivity contribution is 5.79. The normalized spacial score (nSPS) is 16.3. The minimum absolute atomic E-state index is 0.0733. The van der Waals surface area contributed by atoms with Gasteiger partial charge in [0.25, 0.3) is 0 Å². The topological polar surface area (TPSA) is 54.9 Å². The fraction of sp³-hybridized carbons (Fsp3) is 0.458. The molecule has 5 nitrogen and oxygen atoms in total. The van der Waals surface area contributed by atoms with Gasteiger partial charge in [-0.2, -0.15) is 0 Å². The van der Waals surface area contributed by atoms with Crippen molar-refractivity contribution in [1.82, 2.24) is 10.6 Å². The van der Waals surface area contributed by atoms with Crippen molar-refractivity contribution in [3.8, 4) is 5.75 Å². The number of nitrogens with zero attached hydrogens (tertiary/aromatic N) is 1. The van der Waals surface area contributed by atoms with Gasteiger partial charge in [0.1, 0.15) is 5.75 Å². The third kappa shape index (κ3) is 5.30. The second kappa shape index (κ2) is 10.3. The molecule has 0 spiro atoms. The summed E-state index contributed by atoms with van der Waals surface area (Å²) in [5, 5.41) is 7.02. The molecule has 1 heterocycles. The van der Waals surface area contributed by atoms with E-state index in [1.54, 1.807) is 7.11 Å². The number of hydrogen-bond donors (Lipinski definition) is 2. The molecular formula is C24H33N3O2. The molecular weight excluding hydrogens is 362 g/mol. The number of nitrogens with one attached hydrogen (secondary N) is 2. The molecule has 0 saturated carbocycles. The summed E-state index contributed by atoms with van der Waals surface area (Å²) in [6.45, 7) is 5.44. The van der Waals surface area contributed by atoms with Crippen molar-refractivity contribution < 1.29 is 9.47 Å². The quantitative estimate of drug-likeness (QED) is 0.557. The van der Waals surface area contributed by atoms with Gasteiger partial charge in [-0.05, 0) is 48.9 Å². The van der Waals surface area contributed by atoms with Crippen LogP contribution in [0.1, 0.15) is 29.5 Å². The molecule has 29 heavy (non-hydrogen) atoms. The molecule has 2 N–H and O–H groups in total. The molecule has 156 valence electrons. The van der Waals surface area contributed by atoms with Crippen LogP contribution in [0.3, 0.4) is 0 Å². The van der Waals surface area contributed by atoms with E-state index in [0.717, 1.165) is 57.3 Å². The van der Waals surface area contributed by atoms with Crippen LogP contribution in [0.15, 0.2) is 53.5 Å². The minimum atomic E-state index is 0.0733. The van der Waals surface area contributed by atoms with Crippen LogP contribution in [0.25, 0.3) is 0 Å². The van der Waals surface area contributed by atoms with Crippen LogP contribution < -0.4 is 15.4 Å². The maximum atomic E-state index is 5.67. The van der Waals surface area contributed by atoms with E-state index in [-0.39, 0.29) is 5.41 Å². The molecule has 0 atom stereocenters. The first-order valence-corrected chi connectivity index (χ1v) is 10.4. The van der Waals surface area contributed by atoms with E-state index in [0.29, 0.717) is 0 Å². The van der Waals surface area contributed by atoms with Gasteiger partial charge in [0.2, 0.25) is 0 Å². The molecule has 1 aliphatic rings. The molecule has 5 heteroatoms. The maximum absolute atomic E-state index is 5.67. The lowest BCUT2D eigenvalue weighted by Gasteiger charge is -2.39. The number of methoxy groups -OCH3 is 1. The average Bonchev–Trinajstić information content (AvgIpc) is 2.77. The van der Waals surface area contributed by atoms with Crippen LogP contribution in [0.2, 0.25) is 0 Å². The van der Waals surface area contributed by atoms with Gasteiger partial charge in [-0.15, -0.1) is 0 Å². The Morgan fingerprint density at radius 1 is 1.07 bits per heavy atom. The number of rotatable bonds is 7. The van der Waals surface area contributed by atoms with Crippen molar-refractivity contribution in [3.05, 3.63) is 65.2 Å². The molecule has 0 aliphatic carbocycles. The highest BCUT2D eigenvalue weighted by Crippen LogP contribution is 2.36. The average molecular weight is 396 g/mol. The monoisotopic (exact) mass is 395 g/mol. The zero-order valence-corrected chi connectivity index (χ0v) is 17.8. The van der Waals surface area contributed by atoms with Crippen molar-refractivity contribution in [2.75, 3.05) is 40.5 Å². The number of benzene rings is 2. The highest BCUT2D eigenvalue weighted by Gasteiger charge is 2.35. The summed E-state index contributed by atoms with van der Waals surface area (Å²) in [6.07, 6.45) is 2.91. The fourth-order valence-electron chi connectivity index (χ4n) is 4.17. The minimum Gasteiger partial charge on any atom is -0.496 e. The number of guanidine groups is 1. The molecule has 3 rings (SSSR count). The Balaban J connectivity index is 1.61. The van der Waals surface area contributed by atoms with E-state index in [2.05, 4.69) is 52.9 Å². The van der Waals surface area contributed by atoms with Crippen molar-refractivity contribution in [3.63, 3.8) is 0 Å². The summed E-state index contributed by atoms with van der Waals surface area (Å²) in [5.74, 6) is 1.76. The third-order valence-electron chi connectivity index (χ3n) is 5.86. The van der Waals surface area contributed by atoms with Crippen LogP contribution in [0.4, 0.5) is 0 Å². The summed E-state index contributed by atoms with van der Waals surface area (Å²) < 4.78 is 11.1. The number of aryl methyl sites for hydroxylation is 1. The van der Waals surface area contributed by atoms with Crippen molar-refractivity contribution in [2.45, 2.75) is 31.6 Å². The zero-order valence-electron chi connectivity index (χ0n) is 17.8. The Hall–Kier alpha value is -2.53. The van der Waals surface area contributed by atoms with Crippen LogP contribution in [-0.4, -0.2) is 46.4 Å². The van der Waals surface area contributed by atoms with Crippen LogP contribution in [-0.2, 0) is 16.6 Å². The second-order valence-electron chi connectivity index (χ2n) is 7.62. The van der Waals surface area contributed by atoms with Crippen LogP contribution >= 0.6 is 0 Å². The Morgan fingerprint density at radius 2 is 1.79 bits per heavy atom. The molecule has 0 radical (unpaired) electrons. The fourth-order valence-corrected chi connectivity index (χ4v) is 4.17. The second-order valence-corrected chi connectivity index (χ2v) is 7.62. The predicted octanol–water partition coefficient (Wildman–Crippen LogP) is 3.46. The number of para-hydroxylation sites is 1. The van der Waals surface area contributed by atoms with Gasteiger partial charge in [0, 0.05) is 38.8 Å². The van der Waals surface area contributed by atoms with Crippen molar-refractivity contribution in [2.24, 2.45) is 4.99 Å². The van der Waals surface area contributed by atoms with Crippen molar-refractivity contribution in [1.29, 1.82) is 0 Å². The van der Waals surface area contributed by atoms with Gasteiger partial charge < -0.3 is 20.1 Å². The Kier molecular flexibility index (Phi) is 7.53. The summed E-state index contributed by atoms with van der Waals surface area (Å²) in [4.78, 5) is 4.43. The molecule has 2 aromatic rings. The molecule has 0 amide bonds. The third-order valence-corrected chi connectivity index (χ3v) is 5.86. The SMILES string of the molecule is CN=C(NCCc1ccccc1OC)NCC1(c2ccccc2C)CCOCC1. The van der Waals surface area contributed by atoms with Gasteiger partial charge in [-0.1, -0.05) is 42.5 Å². The van der Waals surface area contributed by atoms with E-state index in [1.807, 2.05) is 25.2 Å². The number of ether oxygens (including phenoxy) is 2. The Morgan fingerprint density at radius 3 is 2.52 bits per heavy atom. The first-order valence-electron chi connectivity index (χ1n) is 10.4. The van der Waals surface area contributed by atoms with Gasteiger partial charge in [0.15, 0.2) is 5.96 Å². The van der Waals surface area contributed by atoms with Gasteiger partial charge in [-0.25, -0.2) is 0 Å². The molecule has 0 aromatic heterocycles. The van der Waals surface area contributed by atoms with Gasteiger partial charge in [-0.3, -0.25) is 4.99 Å². The zero-order chi connectivity index (χ0) is 20.5. The molecule has 0 unspecified atom stereocenters. The first-order chi connectivity index (χ1) is 14.2. The van der Waals surface area contributed by atoms with E-state index in [1.165, 1.54) is 16.7 Å². The molecule has 1 aliphatic heterocycles. The highest BCUT2D eigenvalue weighted by atomic mass is 16.5. The van der Waals surface area contributed by atoms with Crippen molar-refractivity contribution >= 4 is 5.96 Å². The predicted molar refractivity (Wildman–Crippen MR) is 119 cm³/mol. The van der Waals surface area contributed by atoms with E-state index < -0.39 is 0 Å². The van der Waals surface area contributed by atoms with E-state index >= 15 is 0 Å². The lowest BCUT2D eigenvalue weighted by atomic mass is 9.72. The summed E-state index contributed by atoms with van der Waals surface area (Å²) in [7, 11) is 3.54. The molecule has 1 saturated heterocycles. The molecule has 0 bridgehead atoms. The largest absolute Gasteiger partial charge is 0.496 e. The van der Waals surface area contributed by atoms with Crippen LogP contribution in [0, 0.1) is 6.92 Å². The lowest BCUT2D eigenvalue weighted by molar-refractivity contribution is 0.0512. The molecule has 1 fully saturated rings. The lowest BCUT2D eigenvalue weighted by Crippen LogP contribution is -2.48. The number of aliphatic imine (C=N–C) groups is 1. The summed E-state index contributed by atoms with van der Waals surface area (Å²) in [6, 6.07) is 16.9. The Labute approximate surface area is 174 Å². The standard InChI is InChI=1S/C24H33N3O2/c1-19-8-4-6-10-21(19)24(13-16-29-17-14-24)18-27-23(25-2)26-15-12-20-9-5-7-11-22(20)28-3/h4-11H,12-18H2,1-3H3,(H2,25,26,27). The smallest absolute Gasteiger partial charge is 0.191 e. The van der Waals surface area contributed by atoms with E-state index in [4.69, 9.17) is 9.47 Å². The summed E-state index contributed by atoms with van der Waals surface area (Å²) in [5.41, 5.74) is 4.03. The number of hydrogen-bond acceptors (Lipinski definition) is 3.